The highest BCUT2D eigenvalue weighted by Crippen LogP contribution is 2.22. The maximum atomic E-state index is 12.9. The molecule has 0 radical (unpaired) electrons. The van der Waals surface area contributed by atoms with Crippen LogP contribution in [-0.2, 0) is 11.3 Å². The number of amides is 1. The lowest BCUT2D eigenvalue weighted by Crippen LogP contribution is -2.55. The smallest absolute Gasteiger partial charge is 0.254 e. The molecule has 0 bridgehead atoms. The first-order valence-electron chi connectivity index (χ1n) is 8.27. The van der Waals surface area contributed by atoms with Crippen molar-refractivity contribution in [2.45, 2.75) is 38.8 Å². The van der Waals surface area contributed by atoms with E-state index in [9.17, 15) is 4.79 Å². The lowest BCUT2D eigenvalue weighted by Gasteiger charge is -2.42. The number of morpholine rings is 1. The van der Waals surface area contributed by atoms with Gasteiger partial charge in [0.1, 0.15) is 0 Å². The van der Waals surface area contributed by atoms with Crippen LogP contribution in [0.5, 0.6) is 0 Å². The summed E-state index contributed by atoms with van der Waals surface area (Å²) in [7, 11) is 0. The fourth-order valence-corrected chi connectivity index (χ4v) is 3.39. The van der Waals surface area contributed by atoms with Gasteiger partial charge in [-0.05, 0) is 57.5 Å². The molecular weight excluding hydrogens is 276 g/mol. The highest BCUT2D eigenvalue weighted by atomic mass is 16.5. The highest BCUT2D eigenvalue weighted by Gasteiger charge is 2.34. The van der Waals surface area contributed by atoms with Crippen molar-refractivity contribution in [3.05, 3.63) is 35.4 Å². The van der Waals surface area contributed by atoms with Crippen LogP contribution in [0.4, 0.5) is 0 Å². The molecule has 2 aliphatic heterocycles. The Morgan fingerprint density at radius 1 is 1.23 bits per heavy atom. The van der Waals surface area contributed by atoms with Crippen LogP contribution in [0.2, 0.25) is 0 Å². The summed E-state index contributed by atoms with van der Waals surface area (Å²) in [5.74, 6) is 0.122. The number of benzene rings is 1. The second-order valence-electron chi connectivity index (χ2n) is 7.01. The first kappa shape index (κ1) is 15.5. The number of carbonyl (C=O) groups excluding carboxylic acids is 1. The summed E-state index contributed by atoms with van der Waals surface area (Å²) in [6.45, 7) is 9.34. The Labute approximate surface area is 133 Å². The molecule has 0 N–H and O–H groups in total. The molecule has 2 aliphatic rings. The summed E-state index contributed by atoms with van der Waals surface area (Å²) in [4.78, 5) is 17.3. The second-order valence-corrected chi connectivity index (χ2v) is 7.01. The van der Waals surface area contributed by atoms with Crippen LogP contribution in [0.1, 0.15) is 42.6 Å². The summed E-state index contributed by atoms with van der Waals surface area (Å²) in [5, 5.41) is 0. The third kappa shape index (κ3) is 3.33. The molecule has 4 nitrogen and oxygen atoms in total. The van der Waals surface area contributed by atoms with E-state index in [-0.39, 0.29) is 11.4 Å². The molecular formula is C18H26N2O2. The summed E-state index contributed by atoms with van der Waals surface area (Å²) in [5.41, 5.74) is 1.80. The molecule has 2 fully saturated rings. The van der Waals surface area contributed by atoms with Crippen LogP contribution in [-0.4, -0.2) is 54.1 Å². The first-order chi connectivity index (χ1) is 10.6. The van der Waals surface area contributed by atoms with Crippen molar-refractivity contribution in [1.82, 2.24) is 9.80 Å². The van der Waals surface area contributed by atoms with E-state index in [0.717, 1.165) is 12.1 Å². The molecule has 0 spiro atoms. The van der Waals surface area contributed by atoms with Crippen molar-refractivity contribution in [2.75, 3.05) is 32.8 Å². The molecule has 120 valence electrons. The fraction of sp³-hybridized carbons (Fsp3) is 0.611. The third-order valence-corrected chi connectivity index (χ3v) is 4.67. The van der Waals surface area contributed by atoms with E-state index in [0.29, 0.717) is 19.8 Å². The number of nitrogens with zero attached hydrogens (tertiary/aromatic N) is 2. The topological polar surface area (TPSA) is 32.8 Å². The lowest BCUT2D eigenvalue weighted by molar-refractivity contribution is -0.0370. The monoisotopic (exact) mass is 302 g/mol. The number of hydrogen-bond acceptors (Lipinski definition) is 3. The molecule has 0 aliphatic carbocycles. The van der Waals surface area contributed by atoms with E-state index >= 15 is 0 Å². The summed E-state index contributed by atoms with van der Waals surface area (Å²) < 4.78 is 5.51. The molecule has 1 aromatic rings. The molecule has 22 heavy (non-hydrogen) atoms. The van der Waals surface area contributed by atoms with Crippen LogP contribution in [0.3, 0.4) is 0 Å². The predicted octanol–water partition coefficient (Wildman–Crippen LogP) is 2.53. The van der Waals surface area contributed by atoms with Gasteiger partial charge in [-0.15, -0.1) is 0 Å². The van der Waals surface area contributed by atoms with E-state index in [1.807, 2.05) is 17.0 Å². The van der Waals surface area contributed by atoms with Crippen molar-refractivity contribution < 1.29 is 9.53 Å². The third-order valence-electron chi connectivity index (χ3n) is 4.67. The molecule has 1 amide bonds. The van der Waals surface area contributed by atoms with E-state index < -0.39 is 0 Å². The Morgan fingerprint density at radius 2 is 2.00 bits per heavy atom. The molecule has 0 atom stereocenters. The van der Waals surface area contributed by atoms with Gasteiger partial charge in [-0.2, -0.15) is 0 Å². The predicted molar refractivity (Wildman–Crippen MR) is 86.9 cm³/mol. The van der Waals surface area contributed by atoms with E-state index in [2.05, 4.69) is 30.9 Å². The molecule has 4 heteroatoms. The van der Waals surface area contributed by atoms with Gasteiger partial charge in [-0.3, -0.25) is 9.69 Å². The molecule has 3 rings (SSSR count). The quantitative estimate of drug-likeness (QED) is 0.860. The van der Waals surface area contributed by atoms with Gasteiger partial charge in [0.25, 0.3) is 5.91 Å². The zero-order valence-electron chi connectivity index (χ0n) is 13.7. The van der Waals surface area contributed by atoms with Gasteiger partial charge < -0.3 is 9.64 Å². The number of rotatable bonds is 3. The van der Waals surface area contributed by atoms with Crippen molar-refractivity contribution in [3.63, 3.8) is 0 Å². The minimum Gasteiger partial charge on any atom is -0.377 e. The highest BCUT2D eigenvalue weighted by molar-refractivity contribution is 5.95. The van der Waals surface area contributed by atoms with Gasteiger partial charge in [0.15, 0.2) is 0 Å². The van der Waals surface area contributed by atoms with Crippen LogP contribution in [0.25, 0.3) is 0 Å². The number of likely N-dealkylation sites (tertiary alicyclic amines) is 1. The molecule has 1 aromatic carbocycles. The van der Waals surface area contributed by atoms with Crippen molar-refractivity contribution in [3.8, 4) is 0 Å². The normalized spacial score (nSPS) is 22.0. The first-order valence-corrected chi connectivity index (χ1v) is 8.27. The Kier molecular flexibility index (Phi) is 4.50. The van der Waals surface area contributed by atoms with Gasteiger partial charge in [0, 0.05) is 18.7 Å². The fourth-order valence-electron chi connectivity index (χ4n) is 3.39. The summed E-state index contributed by atoms with van der Waals surface area (Å²) >= 11 is 0. The number of hydrogen-bond donors (Lipinski definition) is 0. The van der Waals surface area contributed by atoms with E-state index in [1.165, 1.54) is 31.5 Å². The number of carbonyl (C=O) groups is 1. The minimum absolute atomic E-state index is 0.122. The Bertz CT molecular complexity index is 536. The average molecular weight is 302 g/mol. The van der Waals surface area contributed by atoms with Crippen LogP contribution >= 0.6 is 0 Å². The van der Waals surface area contributed by atoms with Gasteiger partial charge in [0.2, 0.25) is 0 Å². The van der Waals surface area contributed by atoms with Gasteiger partial charge >= 0.3 is 0 Å². The zero-order valence-corrected chi connectivity index (χ0v) is 13.7. The van der Waals surface area contributed by atoms with Gasteiger partial charge in [-0.25, -0.2) is 0 Å². The molecule has 2 heterocycles. The molecule has 2 saturated heterocycles. The maximum absolute atomic E-state index is 12.9. The largest absolute Gasteiger partial charge is 0.377 e. The van der Waals surface area contributed by atoms with Crippen molar-refractivity contribution in [1.29, 1.82) is 0 Å². The zero-order chi connectivity index (χ0) is 15.6. The van der Waals surface area contributed by atoms with Gasteiger partial charge in [-0.1, -0.05) is 12.1 Å². The average Bonchev–Trinajstić information content (AvgIpc) is 2.99. The van der Waals surface area contributed by atoms with Gasteiger partial charge in [0.05, 0.1) is 18.8 Å². The lowest BCUT2D eigenvalue weighted by atomic mass is 10.00. The molecule has 0 unspecified atom stereocenters. The van der Waals surface area contributed by atoms with Crippen molar-refractivity contribution in [2.24, 2.45) is 0 Å². The van der Waals surface area contributed by atoms with Crippen LogP contribution in [0.15, 0.2) is 24.3 Å². The standard InChI is InChI=1S/C18H26N2O2/c1-18(2)14-22-11-10-20(18)17(21)16-7-5-6-15(12-16)13-19-8-3-4-9-19/h5-7,12H,3-4,8-11,13-14H2,1-2H3. The van der Waals surface area contributed by atoms with Crippen molar-refractivity contribution >= 4 is 5.91 Å². The molecule has 0 aromatic heterocycles. The maximum Gasteiger partial charge on any atom is 0.254 e. The Hall–Kier alpha value is -1.39. The van der Waals surface area contributed by atoms with E-state index in [1.54, 1.807) is 0 Å². The SMILES string of the molecule is CC1(C)COCCN1C(=O)c1cccc(CN2CCCC2)c1. The number of ether oxygens (including phenoxy) is 1. The van der Waals surface area contributed by atoms with Crippen LogP contribution in [0, 0.1) is 0 Å². The Balaban J connectivity index is 1.74. The summed E-state index contributed by atoms with van der Waals surface area (Å²) in [6, 6.07) is 8.12. The van der Waals surface area contributed by atoms with E-state index in [4.69, 9.17) is 4.74 Å². The Morgan fingerprint density at radius 3 is 2.73 bits per heavy atom. The summed E-state index contributed by atoms with van der Waals surface area (Å²) in [6.07, 6.45) is 2.58. The molecule has 0 saturated carbocycles. The minimum atomic E-state index is -0.236. The van der Waals surface area contributed by atoms with Crippen LogP contribution < -0.4 is 0 Å². The second kappa shape index (κ2) is 6.39.